The molecule has 0 aliphatic carbocycles. The molecule has 2 aromatic carbocycles. The van der Waals surface area contributed by atoms with Gasteiger partial charge in [-0.3, -0.25) is 0 Å². The minimum atomic E-state index is -3.73. The number of sulfonamides is 1. The van der Waals surface area contributed by atoms with Crippen LogP contribution in [0.25, 0.3) is 0 Å². The number of ether oxygens (including phenoxy) is 1. The minimum Gasteiger partial charge on any atom is -1.00 e. The molecule has 8 heteroatoms. The highest BCUT2D eigenvalue weighted by Gasteiger charge is 2.26. The fourth-order valence-electron chi connectivity index (χ4n) is 4.77. The number of rotatable bonds is 18. The first-order valence-corrected chi connectivity index (χ1v) is 16.5. The Kier molecular flexibility index (Phi) is 16.3. The normalized spacial score (nSPS) is 11.4. The number of benzene rings is 2. The summed E-state index contributed by atoms with van der Waals surface area (Å²) in [7, 11) is -1.81. The van der Waals surface area contributed by atoms with E-state index in [0.29, 0.717) is 17.4 Å². The van der Waals surface area contributed by atoms with Crippen LogP contribution in [0.2, 0.25) is 5.02 Å². The van der Waals surface area contributed by atoms with E-state index in [4.69, 9.17) is 16.3 Å². The molecule has 0 aliphatic rings. The van der Waals surface area contributed by atoms with Gasteiger partial charge in [0.05, 0.1) is 16.5 Å². The van der Waals surface area contributed by atoms with Crippen molar-refractivity contribution in [3.05, 3.63) is 88.7 Å². The van der Waals surface area contributed by atoms with Gasteiger partial charge in [-0.2, -0.15) is 4.31 Å². The van der Waals surface area contributed by atoms with E-state index in [0.717, 1.165) is 29.5 Å². The van der Waals surface area contributed by atoms with Crippen molar-refractivity contribution in [2.24, 2.45) is 7.05 Å². The molecule has 0 bridgehead atoms. The van der Waals surface area contributed by atoms with Gasteiger partial charge in [0.2, 0.25) is 10.0 Å². The number of aryl methyl sites for hydroxylation is 2. The van der Waals surface area contributed by atoms with E-state index < -0.39 is 10.0 Å². The summed E-state index contributed by atoms with van der Waals surface area (Å²) in [5.41, 5.74) is 2.73. The molecule has 0 saturated heterocycles. The van der Waals surface area contributed by atoms with Crippen LogP contribution in [-0.4, -0.2) is 19.3 Å². The average Bonchev–Trinajstić information content (AvgIpc) is 2.92. The summed E-state index contributed by atoms with van der Waals surface area (Å²) >= 11 is 6.58. The number of aromatic nitrogens is 1. The fourth-order valence-corrected chi connectivity index (χ4v) is 6.44. The van der Waals surface area contributed by atoms with Crippen LogP contribution in [0, 0.1) is 6.92 Å². The van der Waals surface area contributed by atoms with Crippen molar-refractivity contribution >= 4 is 21.6 Å². The quantitative estimate of drug-likeness (QED) is 0.104. The van der Waals surface area contributed by atoms with Crippen LogP contribution in [-0.2, 0) is 30.2 Å². The molecule has 0 radical (unpaired) electrons. The zero-order valence-electron chi connectivity index (χ0n) is 24.8. The summed E-state index contributed by atoms with van der Waals surface area (Å²) in [5.74, 6) is 0.643. The Morgan fingerprint density at radius 1 is 0.829 bits per heavy atom. The van der Waals surface area contributed by atoms with Crippen molar-refractivity contribution in [3.8, 4) is 5.75 Å². The third kappa shape index (κ3) is 12.2. The van der Waals surface area contributed by atoms with E-state index in [9.17, 15) is 8.42 Å². The van der Waals surface area contributed by atoms with E-state index in [1.807, 2.05) is 73.4 Å². The largest absolute Gasteiger partial charge is 1.00 e. The fraction of sp³-hybridized carbons (Fsp3) is 0.485. The van der Waals surface area contributed by atoms with Gasteiger partial charge in [0.15, 0.2) is 12.4 Å². The smallest absolute Gasteiger partial charge is 0.243 e. The zero-order chi connectivity index (χ0) is 28.8. The Labute approximate surface area is 270 Å². The Hall–Kier alpha value is -1.68. The van der Waals surface area contributed by atoms with Crippen molar-refractivity contribution in [2.45, 2.75) is 96.0 Å². The maximum atomic E-state index is 13.7. The van der Waals surface area contributed by atoms with Gasteiger partial charge in [-0.15, -0.1) is 0 Å². The standard InChI is InChI=1S/C33H46ClN2O3S.HI/c1-4-5-6-7-8-9-10-11-12-13-23-39-33-21-18-29(24-32(33)34)26-36(27-30-15-14-22-35(3)25-30)40(37,38)31-19-16-28(2)17-20-31;/h14-22,24-25H,4-13,23,26-27H2,1-3H3;1H/q+1;/p-1. The van der Waals surface area contributed by atoms with Gasteiger partial charge in [0.1, 0.15) is 12.8 Å². The molecule has 0 aliphatic heterocycles. The monoisotopic (exact) mass is 712 g/mol. The molecule has 0 spiro atoms. The average molecular weight is 713 g/mol. The van der Waals surface area contributed by atoms with Gasteiger partial charge < -0.3 is 28.7 Å². The Balaban J connectivity index is 0.00000588. The van der Waals surface area contributed by atoms with Crippen LogP contribution in [0.15, 0.2) is 71.9 Å². The van der Waals surface area contributed by atoms with Gasteiger partial charge in [-0.25, -0.2) is 13.0 Å². The molecule has 0 N–H and O–H groups in total. The highest BCUT2D eigenvalue weighted by Crippen LogP contribution is 2.28. The number of pyridine rings is 1. The summed E-state index contributed by atoms with van der Waals surface area (Å²) in [4.78, 5) is 0.279. The van der Waals surface area contributed by atoms with Crippen molar-refractivity contribution in [2.75, 3.05) is 6.61 Å². The van der Waals surface area contributed by atoms with Gasteiger partial charge in [-0.05, 0) is 49.2 Å². The molecular weight excluding hydrogens is 667 g/mol. The summed E-state index contributed by atoms with van der Waals surface area (Å²) < 4.78 is 36.7. The minimum absolute atomic E-state index is 0. The van der Waals surface area contributed by atoms with Gasteiger partial charge >= 0.3 is 0 Å². The SMILES string of the molecule is CCCCCCCCCCCCOc1ccc(CN(Cc2ccc[n+](C)c2)S(=O)(=O)c2ccc(C)cc2)cc1Cl.[I-]. The lowest BCUT2D eigenvalue weighted by molar-refractivity contribution is -0.672. The van der Waals surface area contributed by atoms with Crippen molar-refractivity contribution in [3.63, 3.8) is 0 Å². The number of hydrogen-bond acceptors (Lipinski definition) is 3. The van der Waals surface area contributed by atoms with E-state index >= 15 is 0 Å². The van der Waals surface area contributed by atoms with Crippen LogP contribution >= 0.6 is 11.6 Å². The molecule has 3 aromatic rings. The van der Waals surface area contributed by atoms with E-state index in [1.165, 1.54) is 55.7 Å². The number of nitrogens with zero attached hydrogens (tertiary/aromatic N) is 2. The second-order valence-electron chi connectivity index (χ2n) is 10.8. The molecule has 0 fully saturated rings. The summed E-state index contributed by atoms with van der Waals surface area (Å²) in [5, 5.41) is 0.503. The van der Waals surface area contributed by atoms with Crippen molar-refractivity contribution in [1.82, 2.24) is 4.31 Å². The van der Waals surface area contributed by atoms with E-state index in [-0.39, 0.29) is 42.0 Å². The van der Waals surface area contributed by atoms with Crippen LogP contribution in [0.4, 0.5) is 0 Å². The maximum Gasteiger partial charge on any atom is 0.243 e. The van der Waals surface area contributed by atoms with Crippen molar-refractivity contribution in [1.29, 1.82) is 0 Å². The predicted molar refractivity (Wildman–Crippen MR) is 164 cm³/mol. The number of halogens is 2. The Morgan fingerprint density at radius 2 is 1.44 bits per heavy atom. The maximum absolute atomic E-state index is 13.7. The van der Waals surface area contributed by atoms with Crippen LogP contribution in [0.5, 0.6) is 5.75 Å². The lowest BCUT2D eigenvalue weighted by Crippen LogP contribution is -3.00. The Morgan fingerprint density at radius 3 is 2.05 bits per heavy atom. The number of unbranched alkanes of at least 4 members (excludes halogenated alkanes) is 9. The van der Waals surface area contributed by atoms with Crippen LogP contribution in [0.3, 0.4) is 0 Å². The summed E-state index contributed by atoms with van der Waals surface area (Å²) in [6.07, 6.45) is 16.7. The summed E-state index contributed by atoms with van der Waals surface area (Å²) in [6, 6.07) is 16.4. The summed E-state index contributed by atoms with van der Waals surface area (Å²) in [6.45, 7) is 5.28. The lowest BCUT2D eigenvalue weighted by atomic mass is 10.1. The molecular formula is C33H46ClIN2O3S. The molecule has 1 aromatic heterocycles. The first-order chi connectivity index (χ1) is 19.3. The van der Waals surface area contributed by atoms with E-state index in [1.54, 1.807) is 12.1 Å². The Bertz CT molecular complexity index is 1290. The molecule has 41 heavy (non-hydrogen) atoms. The first kappa shape index (κ1) is 35.5. The highest BCUT2D eigenvalue weighted by atomic mass is 127. The molecule has 5 nitrogen and oxygen atoms in total. The third-order valence-electron chi connectivity index (χ3n) is 7.13. The molecule has 0 unspecified atom stereocenters. The lowest BCUT2D eigenvalue weighted by Gasteiger charge is -2.22. The van der Waals surface area contributed by atoms with Gasteiger partial charge in [-0.1, -0.05) is 100 Å². The zero-order valence-corrected chi connectivity index (χ0v) is 28.6. The van der Waals surface area contributed by atoms with Crippen LogP contribution in [0.1, 0.15) is 87.8 Å². The molecule has 0 amide bonds. The molecule has 3 rings (SSSR count). The topological polar surface area (TPSA) is 50.5 Å². The predicted octanol–water partition coefficient (Wildman–Crippen LogP) is 5.17. The van der Waals surface area contributed by atoms with Crippen molar-refractivity contribution < 1.29 is 41.7 Å². The van der Waals surface area contributed by atoms with Gasteiger partial charge in [0, 0.05) is 24.7 Å². The van der Waals surface area contributed by atoms with Gasteiger partial charge in [0.25, 0.3) is 0 Å². The molecule has 226 valence electrons. The molecule has 0 atom stereocenters. The highest BCUT2D eigenvalue weighted by molar-refractivity contribution is 7.89. The first-order valence-electron chi connectivity index (χ1n) is 14.7. The molecule has 1 heterocycles. The second kappa shape index (κ2) is 18.8. The van der Waals surface area contributed by atoms with E-state index in [2.05, 4.69) is 6.92 Å². The number of hydrogen-bond donors (Lipinski definition) is 0. The second-order valence-corrected chi connectivity index (χ2v) is 13.1. The molecule has 0 saturated carbocycles. The van der Waals surface area contributed by atoms with Crippen LogP contribution < -0.4 is 33.3 Å². The third-order valence-corrected chi connectivity index (χ3v) is 9.23.